The minimum atomic E-state index is -3.30. The third-order valence-corrected chi connectivity index (χ3v) is 6.28. The number of sulfonamides is 1. The Morgan fingerprint density at radius 1 is 1.53 bits per heavy atom. The van der Waals surface area contributed by atoms with Gasteiger partial charge in [0.05, 0.1) is 4.99 Å². The Kier molecular flexibility index (Phi) is 2.77. The van der Waals surface area contributed by atoms with E-state index in [9.17, 15) is 8.42 Å². The van der Waals surface area contributed by atoms with E-state index in [1.165, 1.54) is 0 Å². The fourth-order valence-electron chi connectivity index (χ4n) is 2.54. The predicted octanol–water partition coefficient (Wildman–Crippen LogP) is 0.475. The van der Waals surface area contributed by atoms with Crippen LogP contribution >= 0.6 is 12.2 Å². The summed E-state index contributed by atoms with van der Waals surface area (Å²) in [5, 5.41) is -0.730. The molecule has 0 amide bonds. The Morgan fingerprint density at radius 2 is 2.20 bits per heavy atom. The van der Waals surface area contributed by atoms with Crippen molar-refractivity contribution in [2.24, 2.45) is 11.7 Å². The van der Waals surface area contributed by atoms with Crippen molar-refractivity contribution in [3.05, 3.63) is 0 Å². The molecule has 0 aromatic carbocycles. The van der Waals surface area contributed by atoms with Crippen LogP contribution in [0, 0.1) is 5.92 Å². The van der Waals surface area contributed by atoms with Gasteiger partial charge in [-0.15, -0.1) is 0 Å². The summed E-state index contributed by atoms with van der Waals surface area (Å²) in [6.45, 7) is 2.24. The van der Waals surface area contributed by atoms with Gasteiger partial charge in [-0.2, -0.15) is 4.31 Å². The zero-order chi connectivity index (χ0) is 11.2. The number of nitrogens with two attached hydrogens (primary N) is 1. The molecule has 1 heterocycles. The molecule has 6 heteroatoms. The molecule has 1 saturated carbocycles. The van der Waals surface area contributed by atoms with Gasteiger partial charge in [-0.05, 0) is 32.1 Å². The molecule has 1 aliphatic heterocycles. The van der Waals surface area contributed by atoms with E-state index in [2.05, 4.69) is 0 Å². The van der Waals surface area contributed by atoms with Crippen LogP contribution in [0.25, 0.3) is 0 Å². The summed E-state index contributed by atoms with van der Waals surface area (Å²) in [6.07, 6.45) is 3.18. The first-order chi connectivity index (χ1) is 6.93. The molecule has 2 aliphatic rings. The fraction of sp³-hybridized carbons (Fsp3) is 0.889. The summed E-state index contributed by atoms with van der Waals surface area (Å²) in [4.78, 5) is 0.0674. The quantitative estimate of drug-likeness (QED) is 0.738. The monoisotopic (exact) mass is 248 g/mol. The van der Waals surface area contributed by atoms with Gasteiger partial charge in [0.25, 0.3) is 0 Å². The van der Waals surface area contributed by atoms with Gasteiger partial charge in [-0.1, -0.05) is 12.2 Å². The third-order valence-electron chi connectivity index (χ3n) is 3.53. The number of hydrogen-bond acceptors (Lipinski definition) is 3. The van der Waals surface area contributed by atoms with Crippen molar-refractivity contribution in [2.75, 3.05) is 6.54 Å². The van der Waals surface area contributed by atoms with E-state index in [1.807, 2.05) is 0 Å². The average Bonchev–Trinajstić information content (AvgIpc) is 2.77. The van der Waals surface area contributed by atoms with Gasteiger partial charge in [0.1, 0.15) is 5.25 Å². The zero-order valence-electron chi connectivity index (χ0n) is 8.72. The molecule has 1 saturated heterocycles. The lowest BCUT2D eigenvalue weighted by molar-refractivity contribution is 0.332. The van der Waals surface area contributed by atoms with Crippen LogP contribution in [0.3, 0.4) is 0 Å². The molecule has 3 atom stereocenters. The van der Waals surface area contributed by atoms with E-state index >= 15 is 0 Å². The summed E-state index contributed by atoms with van der Waals surface area (Å²) in [5.74, 6) is 0.559. The van der Waals surface area contributed by atoms with Crippen LogP contribution in [0.15, 0.2) is 0 Å². The van der Waals surface area contributed by atoms with Crippen LogP contribution in [0.1, 0.15) is 26.2 Å². The lowest BCUT2D eigenvalue weighted by Gasteiger charge is -2.28. The second-order valence-corrected chi connectivity index (χ2v) is 7.17. The average molecular weight is 248 g/mol. The van der Waals surface area contributed by atoms with Gasteiger partial charge in [-0.25, -0.2) is 8.42 Å². The smallest absolute Gasteiger partial charge is 0.223 e. The molecule has 0 spiro atoms. The molecule has 4 nitrogen and oxygen atoms in total. The van der Waals surface area contributed by atoms with Crippen LogP contribution in [0.2, 0.25) is 0 Å². The number of fused-ring (bicyclic) bond motifs is 2. The standard InChI is InChI=1S/C9H16N2O2S2/c1-6(9(10)14)15(12,13)11-5-7-2-3-8(11)4-7/h6-8H,2-5H2,1H3,(H2,10,14). The highest BCUT2D eigenvalue weighted by Crippen LogP contribution is 2.39. The summed E-state index contributed by atoms with van der Waals surface area (Å²) < 4.78 is 25.9. The van der Waals surface area contributed by atoms with Gasteiger partial charge in [-0.3, -0.25) is 0 Å². The Labute approximate surface area is 95.9 Å². The van der Waals surface area contributed by atoms with Gasteiger partial charge in [0.2, 0.25) is 10.0 Å². The summed E-state index contributed by atoms with van der Waals surface area (Å²) >= 11 is 4.76. The zero-order valence-corrected chi connectivity index (χ0v) is 10.4. The summed E-state index contributed by atoms with van der Waals surface area (Å²) in [7, 11) is -3.30. The first-order valence-corrected chi connectivity index (χ1v) is 7.14. The van der Waals surface area contributed by atoms with Crippen molar-refractivity contribution in [1.29, 1.82) is 0 Å². The van der Waals surface area contributed by atoms with Gasteiger partial charge in [0.15, 0.2) is 0 Å². The molecular weight excluding hydrogens is 232 g/mol. The Morgan fingerprint density at radius 3 is 2.60 bits per heavy atom. The molecule has 2 rings (SSSR count). The lowest BCUT2D eigenvalue weighted by atomic mass is 10.1. The number of nitrogens with zero attached hydrogens (tertiary/aromatic N) is 1. The van der Waals surface area contributed by atoms with Crippen LogP contribution in [-0.4, -0.2) is 35.5 Å². The molecule has 15 heavy (non-hydrogen) atoms. The third kappa shape index (κ3) is 1.79. The summed E-state index contributed by atoms with van der Waals surface area (Å²) in [6, 6.07) is 0.205. The minimum Gasteiger partial charge on any atom is -0.392 e. The fourth-order valence-corrected chi connectivity index (χ4v) is 4.63. The predicted molar refractivity (Wildman–Crippen MR) is 63.0 cm³/mol. The Balaban J connectivity index is 2.20. The second-order valence-electron chi connectivity index (χ2n) is 4.49. The topological polar surface area (TPSA) is 63.4 Å². The highest BCUT2D eigenvalue weighted by molar-refractivity contribution is 7.92. The van der Waals surface area contributed by atoms with E-state index in [4.69, 9.17) is 18.0 Å². The first-order valence-electron chi connectivity index (χ1n) is 5.23. The molecule has 86 valence electrons. The normalized spacial score (nSPS) is 33.1. The van der Waals surface area contributed by atoms with Crippen molar-refractivity contribution in [1.82, 2.24) is 4.31 Å². The van der Waals surface area contributed by atoms with E-state index in [-0.39, 0.29) is 11.0 Å². The highest BCUT2D eigenvalue weighted by atomic mass is 32.2. The maximum absolute atomic E-state index is 12.1. The van der Waals surface area contributed by atoms with E-state index in [0.29, 0.717) is 12.5 Å². The van der Waals surface area contributed by atoms with Crippen molar-refractivity contribution in [3.63, 3.8) is 0 Å². The molecule has 0 aromatic heterocycles. The Hall–Kier alpha value is -0.200. The summed E-state index contributed by atoms with van der Waals surface area (Å²) in [5.41, 5.74) is 5.41. The van der Waals surface area contributed by atoms with Gasteiger partial charge < -0.3 is 5.73 Å². The van der Waals surface area contributed by atoms with Crippen LogP contribution in [-0.2, 0) is 10.0 Å². The number of thiocarbonyl (C=S) groups is 1. The van der Waals surface area contributed by atoms with Crippen LogP contribution in [0.4, 0.5) is 0 Å². The molecule has 0 aromatic rings. The number of piperidine rings is 1. The lowest BCUT2D eigenvalue weighted by Crippen LogP contribution is -2.46. The van der Waals surface area contributed by atoms with Crippen molar-refractivity contribution >= 4 is 27.2 Å². The molecule has 0 radical (unpaired) electrons. The molecule has 2 N–H and O–H groups in total. The van der Waals surface area contributed by atoms with E-state index < -0.39 is 15.3 Å². The van der Waals surface area contributed by atoms with Crippen molar-refractivity contribution in [2.45, 2.75) is 37.5 Å². The van der Waals surface area contributed by atoms with Crippen LogP contribution in [0.5, 0.6) is 0 Å². The number of hydrogen-bond donors (Lipinski definition) is 1. The Bertz CT molecular complexity index is 380. The van der Waals surface area contributed by atoms with Gasteiger partial charge in [0, 0.05) is 12.6 Å². The van der Waals surface area contributed by atoms with Crippen molar-refractivity contribution in [3.8, 4) is 0 Å². The van der Waals surface area contributed by atoms with E-state index in [0.717, 1.165) is 19.3 Å². The number of rotatable bonds is 3. The molecule has 1 aliphatic carbocycles. The molecule has 3 unspecified atom stereocenters. The van der Waals surface area contributed by atoms with E-state index in [1.54, 1.807) is 11.2 Å². The maximum atomic E-state index is 12.1. The minimum absolute atomic E-state index is 0.0674. The van der Waals surface area contributed by atoms with Crippen molar-refractivity contribution < 1.29 is 8.42 Å². The molecule has 2 fully saturated rings. The maximum Gasteiger partial charge on any atom is 0.223 e. The molecule has 2 bridgehead atoms. The SMILES string of the molecule is CC(C(N)=S)S(=O)(=O)N1CC2CCC1C2. The van der Waals surface area contributed by atoms with Crippen LogP contribution < -0.4 is 5.73 Å². The first kappa shape index (κ1) is 11.3. The van der Waals surface area contributed by atoms with Gasteiger partial charge >= 0.3 is 0 Å². The largest absolute Gasteiger partial charge is 0.392 e. The highest BCUT2D eigenvalue weighted by Gasteiger charge is 2.45. The molecular formula is C9H16N2O2S2. The second kappa shape index (κ2) is 3.68.